The molecule has 0 radical (unpaired) electrons. The summed E-state index contributed by atoms with van der Waals surface area (Å²) in [5.41, 5.74) is 1.54. The van der Waals surface area contributed by atoms with Crippen molar-refractivity contribution in [1.29, 1.82) is 0 Å². The minimum absolute atomic E-state index is 0.219. The number of hydrogen-bond donors (Lipinski definition) is 1. The van der Waals surface area contributed by atoms with E-state index in [1.807, 2.05) is 12.1 Å². The van der Waals surface area contributed by atoms with Crippen LogP contribution in [-0.2, 0) is 16.4 Å². The van der Waals surface area contributed by atoms with E-state index < -0.39 is 10.0 Å². The Balaban J connectivity index is 2.06. The Morgan fingerprint density at radius 1 is 1.25 bits per heavy atom. The highest BCUT2D eigenvalue weighted by Gasteiger charge is 2.17. The molecule has 1 aromatic heterocycles. The number of hydrogen-bond acceptors (Lipinski definition) is 3. The molecule has 4 nitrogen and oxygen atoms in total. The third-order valence-electron chi connectivity index (χ3n) is 2.94. The van der Waals surface area contributed by atoms with E-state index in [-0.39, 0.29) is 4.90 Å². The van der Waals surface area contributed by atoms with Crippen LogP contribution in [0.1, 0.15) is 11.1 Å². The van der Waals surface area contributed by atoms with Crippen LogP contribution in [0.2, 0.25) is 5.02 Å². The summed E-state index contributed by atoms with van der Waals surface area (Å²) >= 11 is 5.95. The van der Waals surface area contributed by atoms with Gasteiger partial charge < -0.3 is 0 Å². The lowest BCUT2D eigenvalue weighted by atomic mass is 10.2. The highest BCUT2D eigenvalue weighted by atomic mass is 35.5. The molecule has 0 unspecified atom stereocenters. The molecular formula is C14H15ClN2O2S. The van der Waals surface area contributed by atoms with Gasteiger partial charge in [-0.3, -0.25) is 4.98 Å². The van der Waals surface area contributed by atoms with Crippen molar-refractivity contribution in [3.05, 3.63) is 58.9 Å². The Hall–Kier alpha value is -1.43. The van der Waals surface area contributed by atoms with Crippen LogP contribution in [0.3, 0.4) is 0 Å². The van der Waals surface area contributed by atoms with E-state index in [2.05, 4.69) is 9.71 Å². The van der Waals surface area contributed by atoms with Crippen LogP contribution >= 0.6 is 11.6 Å². The lowest BCUT2D eigenvalue weighted by molar-refractivity contribution is 0.581. The number of aromatic nitrogens is 1. The molecule has 2 aromatic rings. The van der Waals surface area contributed by atoms with Crippen LogP contribution in [0.25, 0.3) is 0 Å². The van der Waals surface area contributed by atoms with Crippen molar-refractivity contribution >= 4 is 21.6 Å². The maximum atomic E-state index is 12.2. The van der Waals surface area contributed by atoms with E-state index in [9.17, 15) is 8.42 Å². The zero-order valence-corrected chi connectivity index (χ0v) is 12.6. The highest BCUT2D eigenvalue weighted by molar-refractivity contribution is 7.89. The minimum Gasteiger partial charge on any atom is -0.264 e. The topological polar surface area (TPSA) is 59.1 Å². The smallest absolute Gasteiger partial charge is 0.240 e. The Kier molecular flexibility index (Phi) is 4.75. The standard InChI is InChI=1S/C14H15ClN2O2S/c1-11-13(15)5-2-6-14(11)20(18,19)17-9-7-12-4-3-8-16-10-12/h2-6,8,10,17H,7,9H2,1H3. The molecule has 2 rings (SSSR count). The van der Waals surface area contributed by atoms with Gasteiger partial charge in [-0.25, -0.2) is 13.1 Å². The van der Waals surface area contributed by atoms with E-state index in [4.69, 9.17) is 11.6 Å². The zero-order chi connectivity index (χ0) is 14.6. The normalized spacial score (nSPS) is 11.5. The van der Waals surface area contributed by atoms with Crippen LogP contribution < -0.4 is 4.72 Å². The molecule has 0 bridgehead atoms. The zero-order valence-electron chi connectivity index (χ0n) is 11.0. The lowest BCUT2D eigenvalue weighted by Crippen LogP contribution is -2.26. The summed E-state index contributed by atoms with van der Waals surface area (Å²) in [6.07, 6.45) is 3.99. The second-order valence-electron chi connectivity index (χ2n) is 4.37. The quantitative estimate of drug-likeness (QED) is 0.923. The number of nitrogens with one attached hydrogen (secondary N) is 1. The molecule has 0 saturated carbocycles. The van der Waals surface area contributed by atoms with Crippen molar-refractivity contribution in [2.75, 3.05) is 6.54 Å². The summed E-state index contributed by atoms with van der Waals surface area (Å²) < 4.78 is 27.0. The minimum atomic E-state index is -3.54. The van der Waals surface area contributed by atoms with E-state index in [0.717, 1.165) is 5.56 Å². The SMILES string of the molecule is Cc1c(Cl)cccc1S(=O)(=O)NCCc1cccnc1. The third-order valence-corrected chi connectivity index (χ3v) is 4.95. The molecule has 6 heteroatoms. The molecule has 0 atom stereocenters. The Bertz CT molecular complexity index is 688. The first-order valence-electron chi connectivity index (χ1n) is 6.14. The molecule has 1 aromatic carbocycles. The number of rotatable bonds is 5. The van der Waals surface area contributed by atoms with Gasteiger partial charge in [0.1, 0.15) is 0 Å². The first-order valence-corrected chi connectivity index (χ1v) is 8.00. The van der Waals surface area contributed by atoms with E-state index in [1.165, 1.54) is 0 Å². The third kappa shape index (κ3) is 3.56. The van der Waals surface area contributed by atoms with Crippen LogP contribution in [0.5, 0.6) is 0 Å². The average molecular weight is 311 g/mol. The van der Waals surface area contributed by atoms with Crippen LogP contribution in [0.4, 0.5) is 0 Å². The molecule has 0 aliphatic rings. The first-order chi connectivity index (χ1) is 9.50. The van der Waals surface area contributed by atoms with Crippen molar-refractivity contribution in [3.8, 4) is 0 Å². The number of pyridine rings is 1. The van der Waals surface area contributed by atoms with Gasteiger partial charge in [-0.1, -0.05) is 23.7 Å². The second kappa shape index (κ2) is 6.35. The molecular weight excluding hydrogens is 296 g/mol. The Morgan fingerprint density at radius 3 is 2.75 bits per heavy atom. The monoisotopic (exact) mass is 310 g/mol. The van der Waals surface area contributed by atoms with Crippen LogP contribution in [-0.4, -0.2) is 19.9 Å². The summed E-state index contributed by atoms with van der Waals surface area (Å²) in [5.74, 6) is 0. The van der Waals surface area contributed by atoms with Crippen molar-refractivity contribution in [1.82, 2.24) is 9.71 Å². The summed E-state index contributed by atoms with van der Waals surface area (Å²) in [4.78, 5) is 4.21. The van der Waals surface area contributed by atoms with Gasteiger partial charge >= 0.3 is 0 Å². The molecule has 0 saturated heterocycles. The number of sulfonamides is 1. The molecule has 20 heavy (non-hydrogen) atoms. The molecule has 0 amide bonds. The number of halogens is 1. The fraction of sp³-hybridized carbons (Fsp3) is 0.214. The molecule has 0 fully saturated rings. The summed E-state index contributed by atoms with van der Waals surface area (Å²) in [7, 11) is -3.54. The molecule has 0 spiro atoms. The Labute approximate surface area is 123 Å². The van der Waals surface area contributed by atoms with Gasteiger partial charge in [0.25, 0.3) is 0 Å². The predicted octanol–water partition coefficient (Wildman–Crippen LogP) is 2.56. The maximum Gasteiger partial charge on any atom is 0.240 e. The van der Waals surface area contributed by atoms with Gasteiger partial charge in [0.2, 0.25) is 10.0 Å². The maximum absolute atomic E-state index is 12.2. The van der Waals surface area contributed by atoms with Crippen LogP contribution in [0.15, 0.2) is 47.6 Å². The molecule has 0 aliphatic carbocycles. The second-order valence-corrected chi connectivity index (χ2v) is 6.51. The first kappa shape index (κ1) is 15.0. The largest absolute Gasteiger partial charge is 0.264 e. The van der Waals surface area contributed by atoms with Gasteiger partial charge in [0.05, 0.1) is 4.90 Å². The Morgan fingerprint density at radius 2 is 2.05 bits per heavy atom. The fourth-order valence-electron chi connectivity index (χ4n) is 1.83. The van der Waals surface area contributed by atoms with E-state index >= 15 is 0 Å². The highest BCUT2D eigenvalue weighted by Crippen LogP contribution is 2.22. The predicted molar refractivity (Wildman–Crippen MR) is 79.3 cm³/mol. The van der Waals surface area contributed by atoms with E-state index in [0.29, 0.717) is 23.6 Å². The van der Waals surface area contributed by atoms with Gasteiger partial charge in [-0.05, 0) is 42.7 Å². The summed E-state index contributed by atoms with van der Waals surface area (Å²) in [6.45, 7) is 2.01. The van der Waals surface area contributed by atoms with Gasteiger partial charge in [0.15, 0.2) is 0 Å². The van der Waals surface area contributed by atoms with Gasteiger partial charge in [-0.15, -0.1) is 0 Å². The van der Waals surface area contributed by atoms with E-state index in [1.54, 1.807) is 37.5 Å². The molecule has 1 N–H and O–H groups in total. The number of benzene rings is 1. The average Bonchev–Trinajstić information content (AvgIpc) is 2.42. The summed E-state index contributed by atoms with van der Waals surface area (Å²) in [6, 6.07) is 8.58. The number of nitrogens with zero attached hydrogens (tertiary/aromatic N) is 1. The van der Waals surface area contributed by atoms with Crippen molar-refractivity contribution in [2.24, 2.45) is 0 Å². The van der Waals surface area contributed by atoms with Crippen LogP contribution in [0, 0.1) is 6.92 Å². The van der Waals surface area contributed by atoms with Gasteiger partial charge in [-0.2, -0.15) is 0 Å². The van der Waals surface area contributed by atoms with Crippen molar-refractivity contribution in [3.63, 3.8) is 0 Å². The molecule has 106 valence electrons. The molecule has 1 heterocycles. The van der Waals surface area contributed by atoms with Gasteiger partial charge in [0, 0.05) is 24.0 Å². The summed E-state index contributed by atoms with van der Waals surface area (Å²) in [5, 5.41) is 0.445. The lowest BCUT2D eigenvalue weighted by Gasteiger charge is -2.10. The molecule has 0 aliphatic heterocycles. The van der Waals surface area contributed by atoms with Crippen molar-refractivity contribution in [2.45, 2.75) is 18.2 Å². The fourth-order valence-corrected chi connectivity index (χ4v) is 3.36. The van der Waals surface area contributed by atoms with Crippen molar-refractivity contribution < 1.29 is 8.42 Å².